The van der Waals surface area contributed by atoms with Crippen molar-refractivity contribution in [2.75, 3.05) is 6.54 Å². The number of nitrogens with zero attached hydrogens (tertiary/aromatic N) is 1. The van der Waals surface area contributed by atoms with Crippen molar-refractivity contribution in [2.45, 2.75) is 25.3 Å². The Kier molecular flexibility index (Phi) is 1.98. The maximum absolute atomic E-state index is 11.9. The van der Waals surface area contributed by atoms with Gasteiger partial charge < -0.3 is 4.90 Å². The smallest absolute Gasteiger partial charge is 0.228 e. The Labute approximate surface area is 90.6 Å². The summed E-state index contributed by atoms with van der Waals surface area (Å²) in [6.45, 7) is 4.64. The molecule has 1 heterocycles. The number of rotatable bonds is 4. The molecule has 1 amide bonds. The third-order valence-corrected chi connectivity index (χ3v) is 4.15. The highest BCUT2D eigenvalue weighted by molar-refractivity contribution is 5.88. The van der Waals surface area contributed by atoms with Crippen LogP contribution in [-0.4, -0.2) is 23.4 Å². The number of hydrogen-bond donors (Lipinski definition) is 0. The number of carbonyl (C=O) groups excluding carboxylic acids is 1. The number of β-lactam (4-membered cyclic amide) rings is 1. The van der Waals surface area contributed by atoms with Crippen molar-refractivity contribution in [2.24, 2.45) is 17.8 Å². The average Bonchev–Trinajstić information content (AvgIpc) is 2.81. The van der Waals surface area contributed by atoms with Crippen LogP contribution in [0.5, 0.6) is 0 Å². The molecule has 2 heteroatoms. The van der Waals surface area contributed by atoms with E-state index in [-0.39, 0.29) is 0 Å². The molecule has 2 aliphatic carbocycles. The van der Waals surface area contributed by atoms with Gasteiger partial charge in [0, 0.05) is 6.54 Å². The van der Waals surface area contributed by atoms with Gasteiger partial charge >= 0.3 is 0 Å². The van der Waals surface area contributed by atoms with Crippen LogP contribution >= 0.6 is 0 Å². The van der Waals surface area contributed by atoms with E-state index in [0.29, 0.717) is 29.7 Å². The molecule has 0 unspecified atom stereocenters. The first-order chi connectivity index (χ1) is 7.33. The molecule has 3 aliphatic rings. The van der Waals surface area contributed by atoms with Crippen LogP contribution in [-0.2, 0) is 4.79 Å². The first-order valence-electron chi connectivity index (χ1n) is 5.92. The molecule has 15 heavy (non-hydrogen) atoms. The summed E-state index contributed by atoms with van der Waals surface area (Å²) in [5.74, 6) is 1.99. The van der Waals surface area contributed by atoms with E-state index in [1.807, 2.05) is 6.08 Å². The predicted molar refractivity (Wildman–Crippen MR) is 59.2 cm³/mol. The van der Waals surface area contributed by atoms with E-state index >= 15 is 0 Å². The SMILES string of the molecule is C=CCCCN1C(=O)[C@@H]2[C@H]1[C@H]1C=C[C@@H]2C1. The largest absolute Gasteiger partial charge is 0.338 e. The summed E-state index contributed by atoms with van der Waals surface area (Å²) >= 11 is 0. The van der Waals surface area contributed by atoms with Crippen molar-refractivity contribution in [1.29, 1.82) is 0 Å². The summed E-state index contributed by atoms with van der Waals surface area (Å²) in [5.41, 5.74) is 0. The molecule has 4 atom stereocenters. The van der Waals surface area contributed by atoms with E-state index in [1.165, 1.54) is 6.42 Å². The standard InChI is InChI=1S/C13H17NO/c1-2-3-4-7-14-12-10-6-5-9(8-10)11(12)13(14)15/h2,5-6,9-12H,1,3-4,7-8H2/t9-,10+,11+,12-/m1/s1. The van der Waals surface area contributed by atoms with Crippen LogP contribution in [0.25, 0.3) is 0 Å². The van der Waals surface area contributed by atoms with Crippen molar-refractivity contribution in [3.05, 3.63) is 24.8 Å². The Morgan fingerprint density at radius 1 is 1.47 bits per heavy atom. The van der Waals surface area contributed by atoms with Crippen LogP contribution in [0.2, 0.25) is 0 Å². The summed E-state index contributed by atoms with van der Waals surface area (Å²) in [5, 5.41) is 0. The molecule has 0 aromatic heterocycles. The monoisotopic (exact) mass is 203 g/mol. The summed E-state index contributed by atoms with van der Waals surface area (Å²) in [7, 11) is 0. The molecule has 1 saturated heterocycles. The molecule has 0 N–H and O–H groups in total. The fourth-order valence-corrected chi connectivity index (χ4v) is 3.47. The van der Waals surface area contributed by atoms with Gasteiger partial charge in [-0.25, -0.2) is 0 Å². The maximum Gasteiger partial charge on any atom is 0.228 e. The number of amides is 1. The first kappa shape index (κ1) is 9.20. The minimum Gasteiger partial charge on any atom is -0.338 e. The van der Waals surface area contributed by atoms with Crippen molar-refractivity contribution in [1.82, 2.24) is 4.90 Å². The van der Waals surface area contributed by atoms with Crippen LogP contribution < -0.4 is 0 Å². The Morgan fingerprint density at radius 3 is 3.07 bits per heavy atom. The minimum atomic E-state index is 0.351. The molecule has 0 radical (unpaired) electrons. The van der Waals surface area contributed by atoms with Crippen LogP contribution in [0.3, 0.4) is 0 Å². The molecule has 80 valence electrons. The second kappa shape index (κ2) is 3.22. The van der Waals surface area contributed by atoms with Gasteiger partial charge in [0.15, 0.2) is 0 Å². The second-order valence-corrected chi connectivity index (χ2v) is 4.93. The van der Waals surface area contributed by atoms with E-state index in [4.69, 9.17) is 0 Å². The van der Waals surface area contributed by atoms with E-state index in [0.717, 1.165) is 19.4 Å². The molecule has 3 rings (SSSR count). The third kappa shape index (κ3) is 1.14. The van der Waals surface area contributed by atoms with Gasteiger partial charge in [-0.05, 0) is 31.1 Å². The van der Waals surface area contributed by atoms with Gasteiger partial charge in [-0.3, -0.25) is 4.79 Å². The lowest BCUT2D eigenvalue weighted by Gasteiger charge is -2.48. The maximum atomic E-state index is 11.9. The average molecular weight is 203 g/mol. The molecular formula is C13H17NO. The lowest BCUT2D eigenvalue weighted by atomic mass is 9.79. The van der Waals surface area contributed by atoms with Crippen LogP contribution in [0.4, 0.5) is 0 Å². The highest BCUT2D eigenvalue weighted by Crippen LogP contribution is 2.52. The zero-order valence-electron chi connectivity index (χ0n) is 8.93. The molecular weight excluding hydrogens is 186 g/mol. The summed E-state index contributed by atoms with van der Waals surface area (Å²) < 4.78 is 0. The van der Waals surface area contributed by atoms with E-state index in [1.54, 1.807) is 0 Å². The van der Waals surface area contributed by atoms with Gasteiger partial charge in [0.05, 0.1) is 12.0 Å². The molecule has 0 aromatic rings. The normalized spacial score (nSPS) is 40.5. The molecule has 2 fully saturated rings. The van der Waals surface area contributed by atoms with E-state index < -0.39 is 0 Å². The molecule has 2 nitrogen and oxygen atoms in total. The molecule has 0 spiro atoms. The number of hydrogen-bond acceptors (Lipinski definition) is 1. The van der Waals surface area contributed by atoms with E-state index in [2.05, 4.69) is 23.6 Å². The van der Waals surface area contributed by atoms with Crippen LogP contribution in [0, 0.1) is 17.8 Å². The molecule has 0 aromatic carbocycles. The highest BCUT2D eigenvalue weighted by atomic mass is 16.2. The van der Waals surface area contributed by atoms with Gasteiger partial charge in [0.1, 0.15) is 0 Å². The number of allylic oxidation sites excluding steroid dienone is 2. The molecule has 1 aliphatic heterocycles. The Bertz CT molecular complexity index is 333. The van der Waals surface area contributed by atoms with Crippen LogP contribution in [0.15, 0.2) is 24.8 Å². The van der Waals surface area contributed by atoms with Crippen molar-refractivity contribution in [3.8, 4) is 0 Å². The van der Waals surface area contributed by atoms with Gasteiger partial charge in [-0.15, -0.1) is 6.58 Å². The Hall–Kier alpha value is -1.05. The predicted octanol–water partition coefficient (Wildman–Crippen LogP) is 1.99. The fraction of sp³-hybridized carbons (Fsp3) is 0.615. The van der Waals surface area contributed by atoms with Crippen LogP contribution in [0.1, 0.15) is 19.3 Å². The summed E-state index contributed by atoms with van der Waals surface area (Å²) in [4.78, 5) is 14.0. The van der Waals surface area contributed by atoms with Gasteiger partial charge in [0.2, 0.25) is 5.91 Å². The van der Waals surface area contributed by atoms with Crippen molar-refractivity contribution >= 4 is 5.91 Å². The lowest BCUT2D eigenvalue weighted by Crippen LogP contribution is -2.62. The lowest BCUT2D eigenvalue weighted by molar-refractivity contribution is -0.157. The second-order valence-electron chi connectivity index (χ2n) is 4.93. The highest BCUT2D eigenvalue weighted by Gasteiger charge is 2.59. The fourth-order valence-electron chi connectivity index (χ4n) is 3.47. The van der Waals surface area contributed by atoms with Crippen molar-refractivity contribution in [3.63, 3.8) is 0 Å². The van der Waals surface area contributed by atoms with Gasteiger partial charge in [-0.1, -0.05) is 18.2 Å². The van der Waals surface area contributed by atoms with Gasteiger partial charge in [-0.2, -0.15) is 0 Å². The van der Waals surface area contributed by atoms with Gasteiger partial charge in [0.25, 0.3) is 0 Å². The van der Waals surface area contributed by atoms with Crippen molar-refractivity contribution < 1.29 is 4.79 Å². The third-order valence-electron chi connectivity index (χ3n) is 4.15. The van der Waals surface area contributed by atoms with E-state index in [9.17, 15) is 4.79 Å². The number of carbonyl (C=O) groups is 1. The topological polar surface area (TPSA) is 20.3 Å². The summed E-state index contributed by atoms with van der Waals surface area (Å²) in [6.07, 6.45) is 9.82. The number of fused-ring (bicyclic) bond motifs is 5. The molecule has 2 bridgehead atoms. The zero-order valence-corrected chi connectivity index (χ0v) is 8.93. The zero-order chi connectivity index (χ0) is 10.4. The minimum absolute atomic E-state index is 0.351. The summed E-state index contributed by atoms with van der Waals surface area (Å²) in [6, 6.07) is 0.553. The molecule has 1 saturated carbocycles. The Morgan fingerprint density at radius 2 is 2.27 bits per heavy atom. The first-order valence-corrected chi connectivity index (χ1v) is 5.92. The quantitative estimate of drug-likeness (QED) is 0.389. The number of likely N-dealkylation sites (tertiary alicyclic amines) is 1. The Balaban J connectivity index is 1.65. The number of unbranched alkanes of at least 4 members (excludes halogenated alkanes) is 1.